The second-order valence-corrected chi connectivity index (χ2v) is 13.3. The number of allylic oxidation sites excluding steroid dienone is 1. The monoisotopic (exact) mass is 471 g/mol. The Morgan fingerprint density at radius 2 is 1.27 bits per heavy atom. The first-order valence-electron chi connectivity index (χ1n) is 9.61. The Hall–Kier alpha value is 0.599. The van der Waals surface area contributed by atoms with Crippen molar-refractivity contribution in [3.63, 3.8) is 0 Å². The van der Waals surface area contributed by atoms with Crippen LogP contribution in [0.4, 0.5) is 0 Å². The molecule has 0 amide bonds. The minimum atomic E-state index is -1.33. The Labute approximate surface area is 178 Å². The van der Waals surface area contributed by atoms with Gasteiger partial charge in [-0.1, -0.05) is 78.2 Å². The van der Waals surface area contributed by atoms with Crippen LogP contribution in [0.5, 0.6) is 0 Å². The van der Waals surface area contributed by atoms with E-state index in [1.165, 1.54) is 51.0 Å². The first kappa shape index (κ1) is 28.8. The maximum atomic E-state index is 10.5. The van der Waals surface area contributed by atoms with Gasteiger partial charge in [0, 0.05) is 6.08 Å². The zero-order valence-corrected chi connectivity index (χ0v) is 20.4. The summed E-state index contributed by atoms with van der Waals surface area (Å²) in [6.07, 6.45) is 12.7. The molecule has 0 bridgehead atoms. The molecule has 0 heterocycles. The molecule has 0 aliphatic heterocycles. The predicted molar refractivity (Wildman–Crippen MR) is 114 cm³/mol. The van der Waals surface area contributed by atoms with Gasteiger partial charge in [0.25, 0.3) is 0 Å². The van der Waals surface area contributed by atoms with E-state index in [2.05, 4.69) is 27.7 Å². The molecule has 159 valence electrons. The molecule has 2 nitrogen and oxygen atoms in total. The van der Waals surface area contributed by atoms with Gasteiger partial charge in [-0.3, -0.25) is 0 Å². The average Bonchev–Trinajstić information content (AvgIpc) is 2.45. The zero-order valence-electron chi connectivity index (χ0n) is 17.0. The van der Waals surface area contributed by atoms with Crippen molar-refractivity contribution >= 4 is 36.3 Å². The van der Waals surface area contributed by atoms with E-state index in [0.29, 0.717) is 0 Å². The zero-order chi connectivity index (χ0) is 20.5. The van der Waals surface area contributed by atoms with E-state index in [9.17, 15) is 4.79 Å². The number of carboxylic acids is 1. The molecule has 0 aromatic heterocycles. The standard InChI is InChI=1S/C20H38O2.3ClH.Fe/c1-16(2)9-6-10-17(3)11-7-12-18(4)13-8-14-19(5)15-20(21)22;;;;/h15-18H,6-14H2,1-5H3,(H,21,22);3*1H;/q;;;;+3/p-3/b19-15+;;;;/t17-,18-;;;;/m1..../s1. The molecule has 1 N–H and O–H groups in total. The summed E-state index contributed by atoms with van der Waals surface area (Å²) in [6.45, 7) is 11.3. The van der Waals surface area contributed by atoms with Crippen molar-refractivity contribution in [1.29, 1.82) is 0 Å². The van der Waals surface area contributed by atoms with E-state index in [1.807, 2.05) is 6.92 Å². The van der Waals surface area contributed by atoms with Crippen molar-refractivity contribution in [3.05, 3.63) is 11.6 Å². The summed E-state index contributed by atoms with van der Waals surface area (Å²) >= 11 is -1.33. The molecular formula is C20H38Cl3FeO2. The van der Waals surface area contributed by atoms with Crippen molar-refractivity contribution in [3.8, 4) is 0 Å². The number of carbonyl (C=O) groups is 1. The van der Waals surface area contributed by atoms with Crippen molar-refractivity contribution in [2.45, 2.75) is 92.4 Å². The molecule has 0 radical (unpaired) electrons. The molecule has 0 aliphatic rings. The molecule has 0 saturated carbocycles. The average molecular weight is 473 g/mol. The van der Waals surface area contributed by atoms with Gasteiger partial charge in [-0.15, -0.1) is 0 Å². The fourth-order valence-electron chi connectivity index (χ4n) is 2.99. The van der Waals surface area contributed by atoms with Gasteiger partial charge < -0.3 is 5.11 Å². The van der Waals surface area contributed by atoms with Crippen LogP contribution in [-0.4, -0.2) is 11.1 Å². The summed E-state index contributed by atoms with van der Waals surface area (Å²) in [5, 5.41) is 8.68. The van der Waals surface area contributed by atoms with Crippen LogP contribution in [0.15, 0.2) is 11.6 Å². The number of rotatable bonds is 13. The number of hydrogen-bond donors (Lipinski definition) is 1. The van der Waals surface area contributed by atoms with Gasteiger partial charge in [-0.2, -0.15) is 0 Å². The fourth-order valence-corrected chi connectivity index (χ4v) is 2.99. The van der Waals surface area contributed by atoms with Crippen LogP contribution >= 0.6 is 30.3 Å². The van der Waals surface area contributed by atoms with Gasteiger partial charge in [-0.05, 0) is 37.5 Å². The second kappa shape index (κ2) is 18.9. The van der Waals surface area contributed by atoms with Crippen molar-refractivity contribution in [2.24, 2.45) is 17.8 Å². The summed E-state index contributed by atoms with van der Waals surface area (Å²) in [5.74, 6) is 1.65. The summed E-state index contributed by atoms with van der Waals surface area (Å²) in [5.41, 5.74) is 0.985. The Kier molecular flexibility index (Phi) is 21.0. The summed E-state index contributed by atoms with van der Waals surface area (Å²) in [4.78, 5) is 10.5. The number of hydrogen-bond acceptors (Lipinski definition) is 1. The molecule has 0 aromatic carbocycles. The Bertz CT molecular complexity index is 371. The third-order valence-corrected chi connectivity index (χ3v) is 4.51. The van der Waals surface area contributed by atoms with Crippen LogP contribution in [0.25, 0.3) is 0 Å². The third-order valence-electron chi connectivity index (χ3n) is 4.51. The third kappa shape index (κ3) is 26.8. The summed E-state index contributed by atoms with van der Waals surface area (Å²) in [6, 6.07) is 0. The Morgan fingerprint density at radius 1 is 0.885 bits per heavy atom. The molecule has 0 rings (SSSR count). The van der Waals surface area contributed by atoms with Crippen molar-refractivity contribution in [1.82, 2.24) is 0 Å². The summed E-state index contributed by atoms with van der Waals surface area (Å²) in [7, 11) is 14.7. The van der Waals surface area contributed by atoms with Gasteiger partial charge in [0.15, 0.2) is 0 Å². The first-order valence-corrected chi connectivity index (χ1v) is 14.2. The predicted octanol–water partition coefficient (Wildman–Crippen LogP) is 8.52. The number of aliphatic carboxylic acids is 1. The molecule has 0 fully saturated rings. The molecule has 6 heteroatoms. The molecular weight excluding hydrogens is 434 g/mol. The second-order valence-electron chi connectivity index (χ2n) is 7.84. The van der Waals surface area contributed by atoms with Crippen LogP contribution < -0.4 is 0 Å². The Morgan fingerprint density at radius 3 is 1.65 bits per heavy atom. The quantitative estimate of drug-likeness (QED) is 0.215. The topological polar surface area (TPSA) is 37.3 Å². The molecule has 0 spiro atoms. The maximum absolute atomic E-state index is 10.5. The van der Waals surface area contributed by atoms with E-state index < -0.39 is 17.1 Å². The number of carboxylic acid groups (broad SMARTS) is 1. The molecule has 0 aromatic rings. The van der Waals surface area contributed by atoms with Gasteiger partial charge in [0.2, 0.25) is 0 Å². The van der Waals surface area contributed by atoms with Crippen molar-refractivity contribution in [2.75, 3.05) is 0 Å². The van der Waals surface area contributed by atoms with Crippen LogP contribution in [0, 0.1) is 17.8 Å². The SMILES string of the molecule is C/C(=C\C(=O)O)CCC[C@H](C)CCC[C@H](C)CCCC(C)C.[Cl][Fe]([Cl])[Cl]. The molecule has 0 aliphatic carbocycles. The van der Waals surface area contributed by atoms with E-state index in [1.54, 1.807) is 0 Å². The van der Waals surface area contributed by atoms with Crippen LogP contribution in [0.2, 0.25) is 0 Å². The van der Waals surface area contributed by atoms with Crippen LogP contribution in [-0.2, 0) is 16.0 Å². The van der Waals surface area contributed by atoms with E-state index >= 15 is 0 Å². The minimum absolute atomic E-state index is 0.764. The number of halogens is 3. The first-order chi connectivity index (χ1) is 12.0. The fraction of sp³-hybridized carbons (Fsp3) is 0.850. The van der Waals surface area contributed by atoms with E-state index in [4.69, 9.17) is 35.4 Å². The Balaban J connectivity index is 0. The van der Waals surface area contributed by atoms with Crippen LogP contribution in [0.1, 0.15) is 92.4 Å². The van der Waals surface area contributed by atoms with Crippen molar-refractivity contribution < 1.29 is 21.1 Å². The van der Waals surface area contributed by atoms with Crippen LogP contribution in [0.3, 0.4) is 0 Å². The van der Waals surface area contributed by atoms with Gasteiger partial charge >= 0.3 is 47.4 Å². The van der Waals surface area contributed by atoms with E-state index in [0.717, 1.165) is 36.2 Å². The summed E-state index contributed by atoms with van der Waals surface area (Å²) < 4.78 is 0. The van der Waals surface area contributed by atoms with Gasteiger partial charge in [-0.25, -0.2) is 4.79 Å². The van der Waals surface area contributed by atoms with Gasteiger partial charge in [0.05, 0.1) is 0 Å². The molecule has 0 saturated heterocycles. The van der Waals surface area contributed by atoms with Gasteiger partial charge in [0.1, 0.15) is 0 Å². The molecule has 2 atom stereocenters. The normalized spacial score (nSPS) is 14.5. The molecule has 26 heavy (non-hydrogen) atoms. The molecule has 0 unspecified atom stereocenters. The van der Waals surface area contributed by atoms with E-state index in [-0.39, 0.29) is 0 Å².